The third kappa shape index (κ3) is 5.91. The van der Waals surface area contributed by atoms with Crippen LogP contribution in [0.1, 0.15) is 53.9 Å². The predicted molar refractivity (Wildman–Crippen MR) is 80.3 cm³/mol. The molecule has 0 aromatic carbocycles. The van der Waals surface area contributed by atoms with Gasteiger partial charge in [-0.05, 0) is 34.1 Å². The summed E-state index contributed by atoms with van der Waals surface area (Å²) in [6, 6.07) is -0.534. The summed E-state index contributed by atoms with van der Waals surface area (Å²) in [5, 5.41) is 11.8. The summed E-state index contributed by atoms with van der Waals surface area (Å²) in [5.74, 6) is -0.892. The lowest BCUT2D eigenvalue weighted by atomic mass is 9.99. The van der Waals surface area contributed by atoms with Crippen molar-refractivity contribution in [3.8, 4) is 0 Å². The first-order chi connectivity index (χ1) is 9.54. The van der Waals surface area contributed by atoms with Gasteiger partial charge in [0.25, 0.3) is 0 Å². The molecule has 0 bridgehead atoms. The fraction of sp³-hybridized carbons (Fsp3) is 0.867. The summed E-state index contributed by atoms with van der Waals surface area (Å²) in [6.07, 6.45) is 1.45. The van der Waals surface area contributed by atoms with Gasteiger partial charge in [-0.15, -0.1) is 0 Å². The van der Waals surface area contributed by atoms with E-state index in [2.05, 4.69) is 5.32 Å². The molecule has 0 saturated carbocycles. The number of rotatable bonds is 5. The molecule has 1 aliphatic heterocycles. The van der Waals surface area contributed by atoms with E-state index < -0.39 is 17.2 Å². The van der Waals surface area contributed by atoms with Crippen LogP contribution in [0.4, 0.5) is 4.79 Å². The number of hydrogen-bond donors (Lipinski definition) is 2. The van der Waals surface area contributed by atoms with Crippen LogP contribution in [-0.4, -0.2) is 52.3 Å². The van der Waals surface area contributed by atoms with Crippen molar-refractivity contribution in [2.24, 2.45) is 0 Å². The molecule has 1 heterocycles. The van der Waals surface area contributed by atoms with Crippen LogP contribution in [0, 0.1) is 0 Å². The minimum absolute atomic E-state index is 0.0449. The van der Waals surface area contributed by atoms with Gasteiger partial charge in [0.15, 0.2) is 0 Å². The minimum atomic E-state index is -0.892. The molecule has 2 N–H and O–H groups in total. The van der Waals surface area contributed by atoms with E-state index >= 15 is 0 Å². The molecular weight excluding hydrogens is 272 g/mol. The summed E-state index contributed by atoms with van der Waals surface area (Å²) < 4.78 is 5.94. The first-order valence-corrected chi connectivity index (χ1v) is 7.52. The Morgan fingerprint density at radius 1 is 1.24 bits per heavy atom. The Bertz CT molecular complexity index is 377. The van der Waals surface area contributed by atoms with Crippen LogP contribution in [0.2, 0.25) is 0 Å². The van der Waals surface area contributed by atoms with E-state index in [1.54, 1.807) is 4.90 Å². The van der Waals surface area contributed by atoms with Crippen molar-refractivity contribution < 1.29 is 19.4 Å². The molecule has 1 saturated heterocycles. The summed E-state index contributed by atoms with van der Waals surface area (Å²) in [6.45, 7) is 10.8. The maximum atomic E-state index is 12.4. The van der Waals surface area contributed by atoms with E-state index in [1.807, 2.05) is 34.6 Å². The number of nitrogens with one attached hydrogen (secondary N) is 1. The smallest absolute Gasteiger partial charge is 0.317 e. The standard InChI is InChI=1S/C15H28N2O4/c1-6-7-11(8-12(18)19)16-13(20)17-9-14(2,3)21-15(4,5)10-17/h11H,6-10H2,1-5H3,(H,16,20)(H,18,19). The first-order valence-electron chi connectivity index (χ1n) is 7.52. The van der Waals surface area contributed by atoms with Crippen LogP contribution < -0.4 is 5.32 Å². The lowest BCUT2D eigenvalue weighted by Crippen LogP contribution is -2.61. The summed E-state index contributed by atoms with van der Waals surface area (Å²) >= 11 is 0. The number of carbonyl (C=O) groups is 2. The Morgan fingerprint density at radius 3 is 2.19 bits per heavy atom. The van der Waals surface area contributed by atoms with Crippen LogP contribution in [0.15, 0.2) is 0 Å². The van der Waals surface area contributed by atoms with Crippen LogP contribution in [0.3, 0.4) is 0 Å². The molecule has 1 rings (SSSR count). The molecule has 1 atom stereocenters. The number of urea groups is 1. The Balaban J connectivity index is 2.70. The molecule has 1 aliphatic rings. The number of amides is 2. The second-order valence-corrected chi connectivity index (χ2v) is 7.01. The van der Waals surface area contributed by atoms with Gasteiger partial charge in [0.05, 0.1) is 30.7 Å². The number of carbonyl (C=O) groups excluding carboxylic acids is 1. The number of morpholine rings is 1. The van der Waals surface area contributed by atoms with E-state index in [0.29, 0.717) is 19.5 Å². The van der Waals surface area contributed by atoms with Gasteiger partial charge < -0.3 is 20.1 Å². The van der Waals surface area contributed by atoms with Crippen molar-refractivity contribution in [2.45, 2.75) is 71.1 Å². The third-order valence-electron chi connectivity index (χ3n) is 3.37. The summed E-state index contributed by atoms with van der Waals surface area (Å²) in [7, 11) is 0. The molecule has 6 heteroatoms. The molecule has 0 radical (unpaired) electrons. The normalized spacial score (nSPS) is 21.7. The molecule has 0 aromatic heterocycles. The average Bonchev–Trinajstić information content (AvgIpc) is 2.23. The zero-order chi connectivity index (χ0) is 16.3. The Morgan fingerprint density at radius 2 is 1.76 bits per heavy atom. The van der Waals surface area contributed by atoms with Gasteiger partial charge in [0, 0.05) is 6.04 Å². The second-order valence-electron chi connectivity index (χ2n) is 7.01. The van der Waals surface area contributed by atoms with E-state index in [0.717, 1.165) is 6.42 Å². The number of hydrogen-bond acceptors (Lipinski definition) is 3. The highest BCUT2D eigenvalue weighted by Crippen LogP contribution is 2.28. The molecule has 0 spiro atoms. The monoisotopic (exact) mass is 300 g/mol. The van der Waals surface area contributed by atoms with Crippen molar-refractivity contribution in [1.29, 1.82) is 0 Å². The molecule has 0 aromatic rings. The topological polar surface area (TPSA) is 78.9 Å². The van der Waals surface area contributed by atoms with Gasteiger partial charge in [-0.25, -0.2) is 4.79 Å². The molecular formula is C15H28N2O4. The lowest BCUT2D eigenvalue weighted by Gasteiger charge is -2.47. The number of ether oxygens (including phenoxy) is 1. The zero-order valence-electron chi connectivity index (χ0n) is 13.7. The lowest BCUT2D eigenvalue weighted by molar-refractivity contribution is -0.170. The molecule has 122 valence electrons. The number of nitrogens with zero attached hydrogens (tertiary/aromatic N) is 1. The van der Waals surface area contributed by atoms with Gasteiger partial charge in [0.2, 0.25) is 0 Å². The van der Waals surface area contributed by atoms with Crippen LogP contribution in [-0.2, 0) is 9.53 Å². The second kappa shape index (κ2) is 6.64. The molecule has 21 heavy (non-hydrogen) atoms. The van der Waals surface area contributed by atoms with Crippen LogP contribution in [0.5, 0.6) is 0 Å². The van der Waals surface area contributed by atoms with Crippen molar-refractivity contribution in [3.05, 3.63) is 0 Å². The molecule has 1 unspecified atom stereocenters. The van der Waals surface area contributed by atoms with Crippen molar-refractivity contribution in [2.75, 3.05) is 13.1 Å². The Hall–Kier alpha value is -1.30. The summed E-state index contributed by atoms with van der Waals surface area (Å²) in [4.78, 5) is 25.0. The minimum Gasteiger partial charge on any atom is -0.481 e. The average molecular weight is 300 g/mol. The fourth-order valence-electron chi connectivity index (χ4n) is 2.98. The Kier molecular flexibility index (Phi) is 5.61. The molecule has 0 aliphatic carbocycles. The number of carboxylic acid groups (broad SMARTS) is 1. The van der Waals surface area contributed by atoms with Crippen molar-refractivity contribution in [1.82, 2.24) is 10.2 Å². The molecule has 6 nitrogen and oxygen atoms in total. The summed E-state index contributed by atoms with van der Waals surface area (Å²) in [5.41, 5.74) is -0.821. The van der Waals surface area contributed by atoms with Crippen LogP contribution >= 0.6 is 0 Å². The largest absolute Gasteiger partial charge is 0.481 e. The highest BCUT2D eigenvalue weighted by Gasteiger charge is 2.40. The van der Waals surface area contributed by atoms with Crippen LogP contribution in [0.25, 0.3) is 0 Å². The fourth-order valence-corrected chi connectivity index (χ4v) is 2.98. The first kappa shape index (κ1) is 17.8. The van der Waals surface area contributed by atoms with E-state index in [-0.39, 0.29) is 18.5 Å². The number of carboxylic acids is 1. The highest BCUT2D eigenvalue weighted by atomic mass is 16.5. The third-order valence-corrected chi connectivity index (χ3v) is 3.37. The van der Waals surface area contributed by atoms with Gasteiger partial charge in [-0.2, -0.15) is 0 Å². The van der Waals surface area contributed by atoms with Gasteiger partial charge in [-0.3, -0.25) is 4.79 Å². The highest BCUT2D eigenvalue weighted by molar-refractivity contribution is 5.76. The molecule has 1 fully saturated rings. The van der Waals surface area contributed by atoms with Gasteiger partial charge in [-0.1, -0.05) is 13.3 Å². The van der Waals surface area contributed by atoms with Crippen molar-refractivity contribution in [3.63, 3.8) is 0 Å². The zero-order valence-corrected chi connectivity index (χ0v) is 13.7. The molecule has 2 amide bonds. The predicted octanol–water partition coefficient (Wildman–Crippen LogP) is 2.23. The van der Waals surface area contributed by atoms with Gasteiger partial charge in [0.1, 0.15) is 0 Å². The van der Waals surface area contributed by atoms with E-state index in [9.17, 15) is 9.59 Å². The maximum Gasteiger partial charge on any atom is 0.317 e. The van der Waals surface area contributed by atoms with Crippen molar-refractivity contribution >= 4 is 12.0 Å². The maximum absolute atomic E-state index is 12.4. The van der Waals surface area contributed by atoms with E-state index in [1.165, 1.54) is 0 Å². The van der Waals surface area contributed by atoms with E-state index in [4.69, 9.17) is 9.84 Å². The Labute approximate surface area is 126 Å². The number of aliphatic carboxylic acids is 1. The quantitative estimate of drug-likeness (QED) is 0.816. The SMILES string of the molecule is CCCC(CC(=O)O)NC(=O)N1CC(C)(C)OC(C)(C)C1. The van der Waals surface area contributed by atoms with Gasteiger partial charge >= 0.3 is 12.0 Å².